The zero-order valence-corrected chi connectivity index (χ0v) is 14.5. The minimum absolute atomic E-state index is 0.000217. The highest BCUT2D eigenvalue weighted by molar-refractivity contribution is 7.12. The molecule has 6 heteroatoms. The van der Waals surface area contributed by atoms with Crippen LogP contribution < -0.4 is 5.32 Å². The molecular weight excluding hydrogens is 324 g/mol. The van der Waals surface area contributed by atoms with Gasteiger partial charge in [0, 0.05) is 26.1 Å². The van der Waals surface area contributed by atoms with Crippen molar-refractivity contribution < 1.29 is 14.7 Å². The lowest BCUT2D eigenvalue weighted by Crippen LogP contribution is -2.40. The first-order chi connectivity index (χ1) is 11.6. The smallest absolute Gasteiger partial charge is 0.264 e. The summed E-state index contributed by atoms with van der Waals surface area (Å²) in [5.41, 5.74) is 1.12. The number of likely N-dealkylation sites (N-methyl/N-ethyl adjacent to an activating group) is 1. The lowest BCUT2D eigenvalue weighted by molar-refractivity contribution is -0.121. The largest absolute Gasteiger partial charge is 0.396 e. The molecule has 2 amide bonds. The van der Waals surface area contributed by atoms with Crippen molar-refractivity contribution in [1.82, 2.24) is 10.2 Å². The molecule has 1 unspecified atom stereocenters. The van der Waals surface area contributed by atoms with E-state index in [-0.39, 0.29) is 30.9 Å². The number of hydrogen-bond acceptors (Lipinski definition) is 4. The van der Waals surface area contributed by atoms with Gasteiger partial charge in [-0.05, 0) is 23.4 Å². The van der Waals surface area contributed by atoms with Crippen molar-refractivity contribution in [1.29, 1.82) is 0 Å². The molecule has 0 fully saturated rings. The Balaban J connectivity index is 1.78. The van der Waals surface area contributed by atoms with Crippen molar-refractivity contribution in [3.8, 4) is 0 Å². The summed E-state index contributed by atoms with van der Waals surface area (Å²) in [5.74, 6) is -0.438. The number of thiophene rings is 1. The predicted octanol–water partition coefficient (Wildman–Crippen LogP) is 1.79. The Morgan fingerprint density at radius 2 is 1.96 bits per heavy atom. The van der Waals surface area contributed by atoms with Crippen molar-refractivity contribution in [2.45, 2.75) is 6.42 Å². The molecule has 0 saturated heterocycles. The number of rotatable bonds is 8. The summed E-state index contributed by atoms with van der Waals surface area (Å²) in [6, 6.07) is 13.4. The molecule has 1 aromatic carbocycles. The van der Waals surface area contributed by atoms with Crippen LogP contribution in [0.1, 0.15) is 15.2 Å². The zero-order valence-electron chi connectivity index (χ0n) is 13.6. The highest BCUT2D eigenvalue weighted by atomic mass is 32.1. The minimum Gasteiger partial charge on any atom is -0.396 e. The molecule has 24 heavy (non-hydrogen) atoms. The molecule has 2 N–H and O–H groups in total. The Labute approximate surface area is 145 Å². The second kappa shape index (κ2) is 9.20. The first-order valence-electron chi connectivity index (χ1n) is 7.80. The van der Waals surface area contributed by atoms with Crippen LogP contribution in [0.3, 0.4) is 0 Å². The number of carbonyl (C=O) groups excluding carboxylic acids is 2. The van der Waals surface area contributed by atoms with Crippen molar-refractivity contribution >= 4 is 23.2 Å². The minimum atomic E-state index is -0.228. The van der Waals surface area contributed by atoms with Crippen molar-refractivity contribution in [2.75, 3.05) is 26.7 Å². The summed E-state index contributed by atoms with van der Waals surface area (Å²) < 4.78 is 0. The van der Waals surface area contributed by atoms with Gasteiger partial charge in [-0.1, -0.05) is 36.4 Å². The zero-order chi connectivity index (χ0) is 17.4. The van der Waals surface area contributed by atoms with Crippen LogP contribution in [0.2, 0.25) is 0 Å². The first-order valence-corrected chi connectivity index (χ1v) is 8.68. The van der Waals surface area contributed by atoms with Gasteiger partial charge in [-0.15, -0.1) is 11.3 Å². The van der Waals surface area contributed by atoms with Crippen molar-refractivity contribution in [2.24, 2.45) is 5.92 Å². The van der Waals surface area contributed by atoms with Crippen molar-refractivity contribution in [3.05, 3.63) is 58.3 Å². The van der Waals surface area contributed by atoms with Gasteiger partial charge in [0.2, 0.25) is 5.91 Å². The third-order valence-corrected chi connectivity index (χ3v) is 4.53. The van der Waals surface area contributed by atoms with Gasteiger partial charge in [-0.3, -0.25) is 9.59 Å². The van der Waals surface area contributed by atoms with Crippen LogP contribution in [0.4, 0.5) is 0 Å². The molecule has 2 rings (SSSR count). The van der Waals surface area contributed by atoms with Gasteiger partial charge in [0.05, 0.1) is 11.4 Å². The van der Waals surface area contributed by atoms with Crippen LogP contribution in [-0.4, -0.2) is 48.6 Å². The number of aliphatic hydroxyl groups is 1. The maximum absolute atomic E-state index is 12.1. The van der Waals surface area contributed by atoms with E-state index in [2.05, 4.69) is 5.32 Å². The lowest BCUT2D eigenvalue weighted by Gasteiger charge is -2.18. The van der Waals surface area contributed by atoms with Crippen LogP contribution >= 0.6 is 11.3 Å². The molecule has 5 nitrogen and oxygen atoms in total. The molecule has 0 saturated carbocycles. The number of carbonyl (C=O) groups is 2. The summed E-state index contributed by atoms with van der Waals surface area (Å²) in [5, 5.41) is 14.1. The van der Waals surface area contributed by atoms with E-state index in [1.165, 1.54) is 16.2 Å². The van der Waals surface area contributed by atoms with Crippen LogP contribution in [-0.2, 0) is 11.2 Å². The Bertz CT molecular complexity index is 644. The van der Waals surface area contributed by atoms with E-state index < -0.39 is 0 Å². The molecule has 1 atom stereocenters. The lowest BCUT2D eigenvalue weighted by atomic mass is 10.00. The first kappa shape index (κ1) is 18.2. The fourth-order valence-corrected chi connectivity index (χ4v) is 3.06. The summed E-state index contributed by atoms with van der Waals surface area (Å²) >= 11 is 1.35. The number of hydrogen-bond donors (Lipinski definition) is 2. The predicted molar refractivity (Wildman–Crippen MR) is 95.0 cm³/mol. The maximum atomic E-state index is 12.1. The van der Waals surface area contributed by atoms with Gasteiger partial charge in [0.1, 0.15) is 0 Å². The standard InChI is InChI=1S/C18H22N2O3S/c1-20(18(23)16-8-5-9-24-16)12-17(22)19-11-15(13-21)10-14-6-3-2-4-7-14/h2-9,15,21H,10-13H2,1H3,(H,19,22). The average Bonchev–Trinajstić information content (AvgIpc) is 3.13. The van der Waals surface area contributed by atoms with E-state index in [0.717, 1.165) is 5.56 Å². The quantitative estimate of drug-likeness (QED) is 0.766. The Morgan fingerprint density at radius 3 is 2.58 bits per heavy atom. The van der Waals surface area contributed by atoms with Crippen LogP contribution in [0, 0.1) is 5.92 Å². The fourth-order valence-electron chi connectivity index (χ4n) is 2.34. The third-order valence-electron chi connectivity index (χ3n) is 3.67. The van der Waals surface area contributed by atoms with Gasteiger partial charge in [-0.2, -0.15) is 0 Å². The van der Waals surface area contributed by atoms with E-state index in [9.17, 15) is 14.7 Å². The summed E-state index contributed by atoms with van der Waals surface area (Å²) in [4.78, 5) is 26.1. The molecule has 128 valence electrons. The SMILES string of the molecule is CN(CC(=O)NCC(CO)Cc1ccccc1)C(=O)c1cccs1. The van der Waals surface area contributed by atoms with Crippen LogP contribution in [0.15, 0.2) is 47.8 Å². The van der Waals surface area contributed by atoms with Gasteiger partial charge in [0.15, 0.2) is 0 Å². The van der Waals surface area contributed by atoms with E-state index in [1.54, 1.807) is 19.2 Å². The summed E-state index contributed by atoms with van der Waals surface area (Å²) in [6.45, 7) is 0.380. The van der Waals surface area contributed by atoms with Crippen LogP contribution in [0.5, 0.6) is 0 Å². The molecule has 0 aliphatic heterocycles. The Kier molecular flexibility index (Phi) is 6.96. The van der Waals surface area contributed by atoms with Gasteiger partial charge < -0.3 is 15.3 Å². The second-order valence-electron chi connectivity index (χ2n) is 5.68. The molecule has 0 bridgehead atoms. The fraction of sp³-hybridized carbons (Fsp3) is 0.333. The molecule has 0 spiro atoms. The van der Waals surface area contributed by atoms with Crippen LogP contribution in [0.25, 0.3) is 0 Å². The normalized spacial score (nSPS) is 11.8. The van der Waals surface area contributed by atoms with E-state index in [0.29, 0.717) is 17.8 Å². The number of amides is 2. The van der Waals surface area contributed by atoms with Gasteiger partial charge in [0.25, 0.3) is 5.91 Å². The number of nitrogens with one attached hydrogen (secondary N) is 1. The van der Waals surface area contributed by atoms with Gasteiger partial charge >= 0.3 is 0 Å². The average molecular weight is 346 g/mol. The number of nitrogens with zero attached hydrogens (tertiary/aromatic N) is 1. The molecule has 0 aliphatic rings. The molecule has 1 heterocycles. The molecule has 2 aromatic rings. The topological polar surface area (TPSA) is 69.6 Å². The Morgan fingerprint density at radius 1 is 1.21 bits per heavy atom. The Hall–Kier alpha value is -2.18. The summed E-state index contributed by atoms with van der Waals surface area (Å²) in [7, 11) is 1.61. The molecular formula is C18H22N2O3S. The monoisotopic (exact) mass is 346 g/mol. The molecule has 0 radical (unpaired) electrons. The molecule has 0 aliphatic carbocycles. The van der Waals surface area contributed by atoms with Gasteiger partial charge in [-0.25, -0.2) is 0 Å². The summed E-state index contributed by atoms with van der Waals surface area (Å²) in [6.07, 6.45) is 0.696. The number of benzene rings is 1. The maximum Gasteiger partial charge on any atom is 0.264 e. The highest BCUT2D eigenvalue weighted by Crippen LogP contribution is 2.11. The third kappa shape index (κ3) is 5.47. The van der Waals surface area contributed by atoms with Crippen molar-refractivity contribution in [3.63, 3.8) is 0 Å². The molecule has 1 aromatic heterocycles. The second-order valence-corrected chi connectivity index (χ2v) is 6.63. The van der Waals surface area contributed by atoms with E-state index >= 15 is 0 Å². The van der Waals surface area contributed by atoms with E-state index in [4.69, 9.17) is 0 Å². The number of aliphatic hydroxyl groups excluding tert-OH is 1. The highest BCUT2D eigenvalue weighted by Gasteiger charge is 2.16. The van der Waals surface area contributed by atoms with E-state index in [1.807, 2.05) is 35.7 Å².